The minimum absolute atomic E-state index is 0.358. The number of carbonyl (C=O) groups is 1. The number of rotatable bonds is 5. The summed E-state index contributed by atoms with van der Waals surface area (Å²) < 4.78 is 0. The number of likely N-dealkylation sites (tertiary alicyclic amines) is 2. The average molecular weight is 370 g/mol. The fraction of sp³-hybridized carbons (Fsp3) is 0.524. The Balaban J connectivity index is 1.37. The largest absolute Gasteiger partial charge is 0.339 e. The van der Waals surface area contributed by atoms with Crippen molar-refractivity contribution in [3.05, 3.63) is 52.0 Å². The number of fused-ring (bicyclic) bond motifs is 1. The van der Waals surface area contributed by atoms with Crippen LogP contribution >= 0.6 is 11.3 Å². The molecule has 2 atom stereocenters. The molecule has 26 heavy (non-hydrogen) atoms. The molecule has 0 saturated carbocycles. The van der Waals surface area contributed by atoms with Gasteiger partial charge in [0.05, 0.1) is 5.69 Å². The zero-order chi connectivity index (χ0) is 17.9. The Bertz CT molecular complexity index is 745. The van der Waals surface area contributed by atoms with Crippen LogP contribution in [0.2, 0.25) is 0 Å². The zero-order valence-corrected chi connectivity index (χ0v) is 16.3. The van der Waals surface area contributed by atoms with E-state index in [0.29, 0.717) is 24.3 Å². The summed E-state index contributed by atoms with van der Waals surface area (Å²) in [5.74, 6) is 0.964. The molecule has 4 heterocycles. The molecule has 2 saturated heterocycles. The van der Waals surface area contributed by atoms with Gasteiger partial charge in [-0.15, -0.1) is 11.3 Å². The number of nitrogens with zero attached hydrogens (tertiary/aromatic N) is 3. The number of aromatic nitrogens is 1. The summed E-state index contributed by atoms with van der Waals surface area (Å²) in [6, 6.07) is 11.0. The van der Waals surface area contributed by atoms with Crippen LogP contribution in [-0.4, -0.2) is 46.4 Å². The zero-order valence-electron chi connectivity index (χ0n) is 15.4. The van der Waals surface area contributed by atoms with Gasteiger partial charge in [-0.3, -0.25) is 14.7 Å². The van der Waals surface area contributed by atoms with Crippen LogP contribution in [0.3, 0.4) is 0 Å². The minimum atomic E-state index is 0.358. The molecule has 4 rings (SSSR count). The number of thiophene rings is 1. The van der Waals surface area contributed by atoms with Gasteiger partial charge in [0.15, 0.2) is 0 Å². The summed E-state index contributed by atoms with van der Waals surface area (Å²) >= 11 is 1.79. The third kappa shape index (κ3) is 3.99. The lowest BCUT2D eigenvalue weighted by Crippen LogP contribution is -2.56. The highest BCUT2D eigenvalue weighted by molar-refractivity contribution is 7.09. The van der Waals surface area contributed by atoms with Gasteiger partial charge in [-0.25, -0.2) is 0 Å². The van der Waals surface area contributed by atoms with E-state index < -0.39 is 0 Å². The van der Waals surface area contributed by atoms with E-state index in [1.54, 1.807) is 11.3 Å². The lowest BCUT2D eigenvalue weighted by atomic mass is 9.83. The van der Waals surface area contributed by atoms with E-state index in [-0.39, 0.29) is 0 Å². The SMILES string of the molecule is Cc1cccc(CN2CC[C@@H]3[C@@H](CCC(=O)N3CCc3cccs3)C2)n1. The summed E-state index contributed by atoms with van der Waals surface area (Å²) in [7, 11) is 0. The van der Waals surface area contributed by atoms with E-state index in [1.165, 1.54) is 4.88 Å². The summed E-state index contributed by atoms with van der Waals surface area (Å²) in [6.45, 7) is 5.99. The Labute approximate surface area is 159 Å². The lowest BCUT2D eigenvalue weighted by Gasteiger charge is -2.47. The van der Waals surface area contributed by atoms with E-state index in [2.05, 4.69) is 44.4 Å². The molecule has 5 heteroatoms. The molecule has 0 aromatic carbocycles. The smallest absolute Gasteiger partial charge is 0.222 e. The van der Waals surface area contributed by atoms with Crippen molar-refractivity contribution >= 4 is 17.2 Å². The highest BCUT2D eigenvalue weighted by Gasteiger charge is 2.38. The molecule has 2 aromatic heterocycles. The maximum Gasteiger partial charge on any atom is 0.222 e. The molecule has 0 aliphatic carbocycles. The second kappa shape index (κ2) is 7.89. The van der Waals surface area contributed by atoms with Crippen LogP contribution in [0.25, 0.3) is 0 Å². The van der Waals surface area contributed by atoms with E-state index in [1.807, 2.05) is 13.0 Å². The quantitative estimate of drug-likeness (QED) is 0.809. The Morgan fingerprint density at radius 2 is 2.15 bits per heavy atom. The van der Waals surface area contributed by atoms with Crippen molar-refractivity contribution in [2.24, 2.45) is 5.92 Å². The predicted molar refractivity (Wildman–Crippen MR) is 105 cm³/mol. The van der Waals surface area contributed by atoms with Crippen molar-refractivity contribution in [3.8, 4) is 0 Å². The molecule has 0 N–H and O–H groups in total. The van der Waals surface area contributed by atoms with Gasteiger partial charge in [-0.2, -0.15) is 0 Å². The van der Waals surface area contributed by atoms with E-state index in [4.69, 9.17) is 0 Å². The van der Waals surface area contributed by atoms with Gasteiger partial charge in [0.25, 0.3) is 0 Å². The first kappa shape index (κ1) is 17.7. The Morgan fingerprint density at radius 3 is 2.96 bits per heavy atom. The molecular formula is C21H27N3OS. The number of pyridine rings is 1. The minimum Gasteiger partial charge on any atom is -0.339 e. The molecule has 0 radical (unpaired) electrons. The van der Waals surface area contributed by atoms with E-state index in [9.17, 15) is 4.79 Å². The van der Waals surface area contributed by atoms with Gasteiger partial charge in [-0.05, 0) is 55.7 Å². The summed E-state index contributed by atoms with van der Waals surface area (Å²) in [4.78, 5) is 23.3. The summed E-state index contributed by atoms with van der Waals surface area (Å²) in [5.41, 5.74) is 2.24. The Hall–Kier alpha value is -1.72. The van der Waals surface area contributed by atoms with Crippen molar-refractivity contribution in [1.29, 1.82) is 0 Å². The average Bonchev–Trinajstić information content (AvgIpc) is 3.14. The molecule has 2 fully saturated rings. The normalized spacial score (nSPS) is 23.9. The fourth-order valence-electron chi connectivity index (χ4n) is 4.46. The second-order valence-corrected chi connectivity index (χ2v) is 8.61. The fourth-order valence-corrected chi connectivity index (χ4v) is 5.16. The maximum absolute atomic E-state index is 12.5. The first-order valence-electron chi connectivity index (χ1n) is 9.66. The highest BCUT2D eigenvalue weighted by atomic mass is 32.1. The van der Waals surface area contributed by atoms with Crippen LogP contribution in [0.15, 0.2) is 35.7 Å². The van der Waals surface area contributed by atoms with Crippen molar-refractivity contribution in [2.45, 2.75) is 45.2 Å². The number of amides is 1. The van der Waals surface area contributed by atoms with Crippen LogP contribution in [-0.2, 0) is 17.8 Å². The first-order valence-corrected chi connectivity index (χ1v) is 10.5. The van der Waals surface area contributed by atoms with Crippen molar-refractivity contribution in [1.82, 2.24) is 14.8 Å². The van der Waals surface area contributed by atoms with E-state index >= 15 is 0 Å². The van der Waals surface area contributed by atoms with Crippen LogP contribution in [0, 0.1) is 12.8 Å². The third-order valence-electron chi connectivity index (χ3n) is 5.74. The molecule has 0 bridgehead atoms. The van der Waals surface area contributed by atoms with Gasteiger partial charge >= 0.3 is 0 Å². The summed E-state index contributed by atoms with van der Waals surface area (Å²) in [5, 5.41) is 2.12. The Morgan fingerprint density at radius 1 is 1.23 bits per heavy atom. The maximum atomic E-state index is 12.5. The van der Waals surface area contributed by atoms with Crippen molar-refractivity contribution in [3.63, 3.8) is 0 Å². The predicted octanol–water partition coefficient (Wildman–Crippen LogP) is 3.51. The van der Waals surface area contributed by atoms with Gasteiger partial charge in [0.2, 0.25) is 5.91 Å². The van der Waals surface area contributed by atoms with Crippen LogP contribution in [0.5, 0.6) is 0 Å². The first-order chi connectivity index (χ1) is 12.7. The Kier molecular flexibility index (Phi) is 5.36. The van der Waals surface area contributed by atoms with Gasteiger partial charge in [-0.1, -0.05) is 12.1 Å². The van der Waals surface area contributed by atoms with Gasteiger partial charge in [0.1, 0.15) is 0 Å². The number of aryl methyl sites for hydroxylation is 1. The second-order valence-electron chi connectivity index (χ2n) is 7.58. The van der Waals surface area contributed by atoms with Crippen molar-refractivity contribution in [2.75, 3.05) is 19.6 Å². The van der Waals surface area contributed by atoms with Crippen LogP contribution < -0.4 is 0 Å². The van der Waals surface area contributed by atoms with Gasteiger partial charge < -0.3 is 4.90 Å². The molecule has 1 amide bonds. The topological polar surface area (TPSA) is 36.4 Å². The highest BCUT2D eigenvalue weighted by Crippen LogP contribution is 2.32. The standard InChI is InChI=1S/C21H27N3OS/c1-16-4-2-5-18(22-16)15-23-11-10-20-17(14-23)7-8-21(25)24(20)12-9-19-6-3-13-26-19/h2-6,13,17,20H,7-12,14-15H2,1H3/t17-,20+/m0/s1. The van der Waals surface area contributed by atoms with Crippen molar-refractivity contribution < 1.29 is 4.79 Å². The number of hydrogen-bond acceptors (Lipinski definition) is 4. The third-order valence-corrected chi connectivity index (χ3v) is 6.67. The summed E-state index contributed by atoms with van der Waals surface area (Å²) in [6.07, 6.45) is 3.83. The molecule has 2 aromatic rings. The van der Waals surface area contributed by atoms with Gasteiger partial charge in [0, 0.05) is 49.2 Å². The molecular weight excluding hydrogens is 342 g/mol. The number of piperidine rings is 2. The molecule has 4 nitrogen and oxygen atoms in total. The number of hydrogen-bond donors (Lipinski definition) is 0. The molecule has 2 aliphatic rings. The molecule has 2 aliphatic heterocycles. The number of carbonyl (C=O) groups excluding carboxylic acids is 1. The lowest BCUT2D eigenvalue weighted by molar-refractivity contribution is -0.141. The molecule has 138 valence electrons. The monoisotopic (exact) mass is 369 g/mol. The van der Waals surface area contributed by atoms with Crippen LogP contribution in [0.1, 0.15) is 35.5 Å². The van der Waals surface area contributed by atoms with Crippen LogP contribution in [0.4, 0.5) is 0 Å². The molecule has 0 spiro atoms. The van der Waals surface area contributed by atoms with E-state index in [0.717, 1.165) is 56.8 Å². The molecule has 0 unspecified atom stereocenters.